The maximum Gasteiger partial charge on any atom is 0.387 e. The second-order valence-corrected chi connectivity index (χ2v) is 5.08. The number of benzene rings is 1. The van der Waals surface area contributed by atoms with Gasteiger partial charge in [-0.15, -0.1) is 11.8 Å². The summed E-state index contributed by atoms with van der Waals surface area (Å²) >= 11 is 1.33. The molecule has 7 heteroatoms. The second kappa shape index (κ2) is 7.96. The van der Waals surface area contributed by atoms with Crippen LogP contribution >= 0.6 is 11.8 Å². The van der Waals surface area contributed by atoms with Crippen molar-refractivity contribution < 1.29 is 23.4 Å². The molecule has 0 fully saturated rings. The molecule has 1 aromatic carbocycles. The first-order valence-electron chi connectivity index (χ1n) is 5.61. The van der Waals surface area contributed by atoms with Crippen LogP contribution in [0.4, 0.5) is 14.5 Å². The topological polar surface area (TPSA) is 58.6 Å². The fourth-order valence-electron chi connectivity index (χ4n) is 1.27. The lowest BCUT2D eigenvalue weighted by Gasteiger charge is -2.11. The number of aliphatic hydroxyl groups excluding tert-OH is 1. The number of nitrogens with one attached hydrogen (secondary N) is 1. The van der Waals surface area contributed by atoms with Gasteiger partial charge in [0.15, 0.2) is 0 Å². The number of alkyl halides is 2. The number of halogens is 2. The van der Waals surface area contributed by atoms with Gasteiger partial charge in [0, 0.05) is 11.4 Å². The molecule has 0 aromatic heterocycles. The lowest BCUT2D eigenvalue weighted by atomic mass is 10.3. The fraction of sp³-hybridized carbons (Fsp3) is 0.417. The highest BCUT2D eigenvalue weighted by Crippen LogP contribution is 2.19. The minimum Gasteiger partial charge on any atom is -0.435 e. The molecule has 4 nitrogen and oxygen atoms in total. The Hall–Kier alpha value is -1.34. The number of thioether (sulfide) groups is 1. The SMILES string of the molecule is C[C@@H](SCCO)C(=O)Nc1ccc(OC(F)F)cc1. The average molecular weight is 291 g/mol. The molecule has 19 heavy (non-hydrogen) atoms. The Balaban J connectivity index is 2.50. The predicted molar refractivity (Wildman–Crippen MR) is 70.7 cm³/mol. The molecule has 0 radical (unpaired) electrons. The van der Waals surface area contributed by atoms with Crippen LogP contribution < -0.4 is 10.1 Å². The number of hydrogen-bond acceptors (Lipinski definition) is 4. The summed E-state index contributed by atoms with van der Waals surface area (Å²) in [5.74, 6) is 0.312. The highest BCUT2D eigenvalue weighted by molar-refractivity contribution is 8.00. The predicted octanol–water partition coefficient (Wildman–Crippen LogP) is 2.34. The molecule has 0 saturated heterocycles. The molecule has 106 valence electrons. The van der Waals surface area contributed by atoms with Gasteiger partial charge in [-0.2, -0.15) is 8.78 Å². The third-order valence-electron chi connectivity index (χ3n) is 2.18. The third-order valence-corrected chi connectivity index (χ3v) is 3.31. The van der Waals surface area contributed by atoms with Crippen LogP contribution in [0.5, 0.6) is 5.75 Å². The number of anilines is 1. The first-order chi connectivity index (χ1) is 9.02. The van der Waals surface area contributed by atoms with Gasteiger partial charge in [0.1, 0.15) is 5.75 Å². The van der Waals surface area contributed by atoms with Crippen molar-refractivity contribution >= 4 is 23.4 Å². The van der Waals surface area contributed by atoms with E-state index >= 15 is 0 Å². The summed E-state index contributed by atoms with van der Waals surface area (Å²) in [6.45, 7) is -1.12. The summed E-state index contributed by atoms with van der Waals surface area (Å²) in [6.07, 6.45) is 0. The first kappa shape index (κ1) is 15.7. The van der Waals surface area contributed by atoms with Crippen molar-refractivity contribution in [2.45, 2.75) is 18.8 Å². The standard InChI is InChI=1S/C12H15F2NO3S/c1-8(19-7-6-16)11(17)15-9-2-4-10(5-3-9)18-12(13)14/h2-5,8,12,16H,6-7H2,1H3,(H,15,17)/t8-/m1/s1. The van der Waals surface area contributed by atoms with E-state index in [0.29, 0.717) is 11.4 Å². The van der Waals surface area contributed by atoms with E-state index in [0.717, 1.165) is 0 Å². The Morgan fingerprint density at radius 2 is 2.05 bits per heavy atom. The van der Waals surface area contributed by atoms with E-state index in [-0.39, 0.29) is 23.5 Å². The summed E-state index contributed by atoms with van der Waals surface area (Å²) in [5.41, 5.74) is 0.503. The van der Waals surface area contributed by atoms with E-state index in [1.807, 2.05) is 0 Å². The van der Waals surface area contributed by atoms with Gasteiger partial charge in [0.05, 0.1) is 11.9 Å². The summed E-state index contributed by atoms with van der Waals surface area (Å²) in [7, 11) is 0. The van der Waals surface area contributed by atoms with E-state index < -0.39 is 6.61 Å². The monoisotopic (exact) mass is 291 g/mol. The Bertz CT molecular complexity index is 400. The average Bonchev–Trinajstić information content (AvgIpc) is 2.37. The zero-order chi connectivity index (χ0) is 14.3. The Morgan fingerprint density at radius 1 is 1.42 bits per heavy atom. The molecule has 0 aliphatic heterocycles. The molecule has 0 unspecified atom stereocenters. The normalized spacial score (nSPS) is 12.3. The molecule has 0 bridgehead atoms. The van der Waals surface area contributed by atoms with Crippen LogP contribution in [0.15, 0.2) is 24.3 Å². The highest BCUT2D eigenvalue weighted by Gasteiger charge is 2.13. The van der Waals surface area contributed by atoms with E-state index in [9.17, 15) is 13.6 Å². The number of rotatable bonds is 7. The lowest BCUT2D eigenvalue weighted by molar-refractivity contribution is -0.115. The van der Waals surface area contributed by atoms with Crippen LogP contribution in [-0.2, 0) is 4.79 Å². The smallest absolute Gasteiger partial charge is 0.387 e. The van der Waals surface area contributed by atoms with Gasteiger partial charge in [-0.05, 0) is 31.2 Å². The van der Waals surface area contributed by atoms with E-state index in [2.05, 4.69) is 10.1 Å². The summed E-state index contributed by atoms with van der Waals surface area (Å²) in [6, 6.07) is 5.68. The number of aliphatic hydroxyl groups is 1. The second-order valence-electron chi connectivity index (χ2n) is 3.63. The van der Waals surface area contributed by atoms with Crippen molar-refractivity contribution in [1.29, 1.82) is 0 Å². The van der Waals surface area contributed by atoms with Crippen LogP contribution in [0.1, 0.15) is 6.92 Å². The van der Waals surface area contributed by atoms with Crippen LogP contribution in [0.2, 0.25) is 0 Å². The highest BCUT2D eigenvalue weighted by atomic mass is 32.2. The third kappa shape index (κ3) is 5.89. The number of hydrogen-bond donors (Lipinski definition) is 2. The van der Waals surface area contributed by atoms with Gasteiger partial charge in [-0.25, -0.2) is 0 Å². The number of amides is 1. The van der Waals surface area contributed by atoms with Gasteiger partial charge in [0.2, 0.25) is 5.91 Å². The zero-order valence-electron chi connectivity index (χ0n) is 10.3. The maximum atomic E-state index is 11.9. The Labute approximate surface area is 114 Å². The Kier molecular flexibility index (Phi) is 6.58. The molecule has 1 atom stereocenters. The maximum absolute atomic E-state index is 11.9. The molecule has 1 aromatic rings. The first-order valence-corrected chi connectivity index (χ1v) is 6.66. The molecular weight excluding hydrogens is 276 g/mol. The van der Waals surface area contributed by atoms with Crippen LogP contribution in [0.3, 0.4) is 0 Å². The van der Waals surface area contributed by atoms with Gasteiger partial charge in [0.25, 0.3) is 0 Å². The van der Waals surface area contributed by atoms with E-state index in [1.54, 1.807) is 6.92 Å². The number of carbonyl (C=O) groups excluding carboxylic acids is 1. The summed E-state index contributed by atoms with van der Waals surface area (Å²) in [5, 5.41) is 11.0. The molecule has 1 amide bonds. The molecule has 0 aliphatic rings. The van der Waals surface area contributed by atoms with Gasteiger partial charge < -0.3 is 15.2 Å². The van der Waals surface area contributed by atoms with E-state index in [4.69, 9.17) is 5.11 Å². The van der Waals surface area contributed by atoms with Crippen molar-refractivity contribution in [3.8, 4) is 5.75 Å². The Morgan fingerprint density at radius 3 is 2.58 bits per heavy atom. The summed E-state index contributed by atoms with van der Waals surface area (Å²) < 4.78 is 28.1. The zero-order valence-corrected chi connectivity index (χ0v) is 11.1. The molecule has 0 saturated carbocycles. The molecule has 0 spiro atoms. The molecule has 2 N–H and O–H groups in total. The molecule has 0 heterocycles. The minimum atomic E-state index is -2.87. The molecule has 1 rings (SSSR count). The minimum absolute atomic E-state index is 0.0158. The lowest BCUT2D eigenvalue weighted by Crippen LogP contribution is -2.23. The largest absolute Gasteiger partial charge is 0.435 e. The van der Waals surface area contributed by atoms with Crippen molar-refractivity contribution in [3.05, 3.63) is 24.3 Å². The molecule has 0 aliphatic carbocycles. The van der Waals surface area contributed by atoms with E-state index in [1.165, 1.54) is 36.0 Å². The number of carbonyl (C=O) groups is 1. The van der Waals surface area contributed by atoms with Crippen molar-refractivity contribution in [2.24, 2.45) is 0 Å². The van der Waals surface area contributed by atoms with Gasteiger partial charge >= 0.3 is 6.61 Å². The number of ether oxygens (including phenoxy) is 1. The van der Waals surface area contributed by atoms with Crippen LogP contribution in [-0.4, -0.2) is 35.2 Å². The van der Waals surface area contributed by atoms with Crippen LogP contribution in [0.25, 0.3) is 0 Å². The van der Waals surface area contributed by atoms with Crippen LogP contribution in [0, 0.1) is 0 Å². The van der Waals surface area contributed by atoms with Crippen molar-refractivity contribution in [1.82, 2.24) is 0 Å². The quantitative estimate of drug-likeness (QED) is 0.809. The molecular formula is C12H15F2NO3S. The fourth-order valence-corrected chi connectivity index (χ4v) is 1.94. The van der Waals surface area contributed by atoms with Gasteiger partial charge in [-0.1, -0.05) is 0 Å². The van der Waals surface area contributed by atoms with Gasteiger partial charge in [-0.3, -0.25) is 4.79 Å². The van der Waals surface area contributed by atoms with Crippen molar-refractivity contribution in [3.63, 3.8) is 0 Å². The van der Waals surface area contributed by atoms with Crippen molar-refractivity contribution in [2.75, 3.05) is 17.7 Å². The summed E-state index contributed by atoms with van der Waals surface area (Å²) in [4.78, 5) is 11.7.